The van der Waals surface area contributed by atoms with Crippen molar-refractivity contribution in [1.29, 1.82) is 0 Å². The number of carbonyl (C=O) groups excluding carboxylic acids is 2. The smallest absolute Gasteiger partial charge is 0.246 e. The molecule has 0 radical (unpaired) electrons. The van der Waals surface area contributed by atoms with Crippen LogP contribution in [0.1, 0.15) is 62.9 Å². The van der Waals surface area contributed by atoms with Crippen molar-refractivity contribution in [2.45, 2.75) is 70.0 Å². The van der Waals surface area contributed by atoms with Crippen molar-refractivity contribution in [3.05, 3.63) is 53.3 Å². The van der Waals surface area contributed by atoms with Gasteiger partial charge in [0.15, 0.2) is 0 Å². The Kier molecular flexibility index (Phi) is 7.86. The summed E-state index contributed by atoms with van der Waals surface area (Å²) in [7, 11) is 1.75. The van der Waals surface area contributed by atoms with E-state index in [1.807, 2.05) is 36.1 Å². The predicted octanol–water partition coefficient (Wildman–Crippen LogP) is 5.44. The lowest BCUT2D eigenvalue weighted by Gasteiger charge is -2.35. The van der Waals surface area contributed by atoms with Gasteiger partial charge in [-0.1, -0.05) is 43.5 Å². The molecule has 6 nitrogen and oxygen atoms in total. The number of hydrogen-bond donors (Lipinski definition) is 2. The SMILES string of the molecule is CNC(C)C(=O)NC(C(=O)N1CCCC1c1nc2c(-c3cccc(F)c3)cccc2s1)C1CCCCC1. The average Bonchev–Trinajstić information content (AvgIpc) is 3.58. The second-order valence-corrected chi connectivity index (χ2v) is 11.4. The minimum Gasteiger partial charge on any atom is -0.343 e. The van der Waals surface area contributed by atoms with Crippen LogP contribution in [0.15, 0.2) is 42.5 Å². The molecule has 2 aliphatic rings. The van der Waals surface area contributed by atoms with Gasteiger partial charge < -0.3 is 15.5 Å². The summed E-state index contributed by atoms with van der Waals surface area (Å²) in [6.07, 6.45) is 7.04. The number of halogens is 1. The summed E-state index contributed by atoms with van der Waals surface area (Å²) in [6.45, 7) is 2.48. The van der Waals surface area contributed by atoms with Crippen LogP contribution < -0.4 is 10.6 Å². The number of rotatable bonds is 7. The highest BCUT2D eigenvalue weighted by molar-refractivity contribution is 7.18. The van der Waals surface area contributed by atoms with Crippen molar-refractivity contribution < 1.29 is 14.0 Å². The predicted molar refractivity (Wildman–Crippen MR) is 146 cm³/mol. The van der Waals surface area contributed by atoms with Crippen LogP contribution in [0.4, 0.5) is 4.39 Å². The summed E-state index contributed by atoms with van der Waals surface area (Å²) in [4.78, 5) is 33.8. The Hall–Kier alpha value is -2.84. The lowest BCUT2D eigenvalue weighted by Crippen LogP contribution is -2.55. The van der Waals surface area contributed by atoms with E-state index < -0.39 is 6.04 Å². The molecule has 2 amide bonds. The summed E-state index contributed by atoms with van der Waals surface area (Å²) < 4.78 is 15.0. The van der Waals surface area contributed by atoms with Crippen LogP contribution in [0.2, 0.25) is 0 Å². The Morgan fingerprint density at radius 1 is 1.08 bits per heavy atom. The standard InChI is InChI=1S/C29H35FN4O2S/c1-18(31-2)27(35)32-25(19-9-4-3-5-10-19)29(36)34-16-8-14-23(34)28-33-26-22(13-7-15-24(26)37-28)20-11-6-12-21(30)17-20/h6-7,11-13,15,17-19,23,25,31H,3-5,8-10,14,16H2,1-2H3,(H,32,35). The van der Waals surface area contributed by atoms with Crippen molar-refractivity contribution in [2.24, 2.45) is 5.92 Å². The molecule has 3 atom stereocenters. The normalized spacial score (nSPS) is 20.2. The zero-order valence-corrected chi connectivity index (χ0v) is 22.3. The van der Waals surface area contributed by atoms with Gasteiger partial charge in [0.25, 0.3) is 0 Å². The molecule has 2 heterocycles. The maximum Gasteiger partial charge on any atom is 0.246 e. The number of nitrogens with zero attached hydrogens (tertiary/aromatic N) is 2. The Morgan fingerprint density at radius 3 is 2.62 bits per heavy atom. The molecule has 1 aliphatic heterocycles. The van der Waals surface area contributed by atoms with Crippen molar-refractivity contribution in [3.63, 3.8) is 0 Å². The molecule has 2 N–H and O–H groups in total. The van der Waals surface area contributed by atoms with Gasteiger partial charge in [-0.05, 0) is 69.3 Å². The molecule has 37 heavy (non-hydrogen) atoms. The van der Waals surface area contributed by atoms with E-state index in [1.54, 1.807) is 24.5 Å². The van der Waals surface area contributed by atoms with Gasteiger partial charge in [0.05, 0.1) is 22.3 Å². The van der Waals surface area contributed by atoms with Gasteiger partial charge in [0, 0.05) is 12.1 Å². The van der Waals surface area contributed by atoms with E-state index in [-0.39, 0.29) is 35.6 Å². The van der Waals surface area contributed by atoms with Crippen LogP contribution in [-0.4, -0.2) is 47.4 Å². The largest absolute Gasteiger partial charge is 0.343 e. The Morgan fingerprint density at radius 2 is 1.86 bits per heavy atom. The first-order valence-electron chi connectivity index (χ1n) is 13.4. The van der Waals surface area contributed by atoms with Crippen molar-refractivity contribution >= 4 is 33.4 Å². The molecule has 1 saturated carbocycles. The van der Waals surface area contributed by atoms with E-state index in [9.17, 15) is 14.0 Å². The number of thiazole rings is 1. The zero-order chi connectivity index (χ0) is 25.9. The molecule has 1 aliphatic carbocycles. The third-order valence-electron chi connectivity index (χ3n) is 7.90. The molecular formula is C29H35FN4O2S. The van der Waals surface area contributed by atoms with Gasteiger partial charge in [-0.2, -0.15) is 0 Å². The monoisotopic (exact) mass is 522 g/mol. The van der Waals surface area contributed by atoms with E-state index in [1.165, 1.54) is 18.6 Å². The molecule has 2 fully saturated rings. The Bertz CT molecular complexity index is 1270. The van der Waals surface area contributed by atoms with Gasteiger partial charge in [-0.25, -0.2) is 9.37 Å². The number of aromatic nitrogens is 1. The fourth-order valence-corrected chi connectivity index (χ4v) is 6.86. The minimum atomic E-state index is -0.513. The van der Waals surface area contributed by atoms with E-state index in [0.29, 0.717) is 6.54 Å². The number of nitrogens with one attached hydrogen (secondary N) is 2. The van der Waals surface area contributed by atoms with Gasteiger partial charge in [-0.3, -0.25) is 9.59 Å². The van der Waals surface area contributed by atoms with Crippen LogP contribution in [0.3, 0.4) is 0 Å². The van der Waals surface area contributed by atoms with E-state index in [0.717, 1.165) is 64.9 Å². The Balaban J connectivity index is 1.44. The molecule has 1 saturated heterocycles. The number of fused-ring (bicyclic) bond motifs is 1. The van der Waals surface area contributed by atoms with Crippen molar-refractivity contribution in [1.82, 2.24) is 20.5 Å². The first-order valence-corrected chi connectivity index (χ1v) is 14.2. The summed E-state index contributed by atoms with van der Waals surface area (Å²) >= 11 is 1.60. The maximum atomic E-state index is 14.0. The summed E-state index contributed by atoms with van der Waals surface area (Å²) in [5, 5.41) is 6.99. The maximum absolute atomic E-state index is 14.0. The second-order valence-electron chi connectivity index (χ2n) is 10.3. The molecular weight excluding hydrogens is 487 g/mol. The number of likely N-dealkylation sites (N-methyl/N-ethyl adjacent to an activating group) is 1. The summed E-state index contributed by atoms with van der Waals surface area (Å²) in [6, 6.07) is 11.6. The van der Waals surface area contributed by atoms with E-state index in [4.69, 9.17) is 4.98 Å². The van der Waals surface area contributed by atoms with Crippen molar-refractivity contribution in [3.8, 4) is 11.1 Å². The molecule has 2 aromatic carbocycles. The van der Waals surface area contributed by atoms with Gasteiger partial charge >= 0.3 is 0 Å². The number of amides is 2. The molecule has 8 heteroatoms. The lowest BCUT2D eigenvalue weighted by atomic mass is 9.83. The highest BCUT2D eigenvalue weighted by atomic mass is 32.1. The van der Waals surface area contributed by atoms with E-state index in [2.05, 4.69) is 10.6 Å². The van der Waals surface area contributed by atoms with Crippen LogP contribution >= 0.6 is 11.3 Å². The number of para-hydroxylation sites is 1. The van der Waals surface area contributed by atoms with Gasteiger partial charge in [0.2, 0.25) is 11.8 Å². The van der Waals surface area contributed by atoms with Crippen LogP contribution in [-0.2, 0) is 9.59 Å². The molecule has 196 valence electrons. The fraction of sp³-hybridized carbons (Fsp3) is 0.483. The second kappa shape index (κ2) is 11.3. The number of benzene rings is 2. The van der Waals surface area contributed by atoms with Crippen molar-refractivity contribution in [2.75, 3.05) is 13.6 Å². The molecule has 3 unspecified atom stereocenters. The van der Waals surface area contributed by atoms with Gasteiger partial charge in [-0.15, -0.1) is 11.3 Å². The summed E-state index contributed by atoms with van der Waals surface area (Å²) in [5.74, 6) is -0.246. The van der Waals surface area contributed by atoms with Crippen LogP contribution in [0, 0.1) is 11.7 Å². The van der Waals surface area contributed by atoms with Gasteiger partial charge in [0.1, 0.15) is 16.9 Å². The Labute approximate surface area is 221 Å². The molecule has 0 spiro atoms. The molecule has 3 aromatic rings. The first-order chi connectivity index (χ1) is 18.0. The molecule has 1 aromatic heterocycles. The third-order valence-corrected chi connectivity index (χ3v) is 9.03. The molecule has 0 bridgehead atoms. The van der Waals surface area contributed by atoms with Crippen LogP contribution in [0.5, 0.6) is 0 Å². The molecule has 5 rings (SSSR count). The highest BCUT2D eigenvalue weighted by Gasteiger charge is 2.40. The number of likely N-dealkylation sites (tertiary alicyclic amines) is 1. The lowest BCUT2D eigenvalue weighted by molar-refractivity contribution is -0.139. The number of carbonyl (C=O) groups is 2. The van der Waals surface area contributed by atoms with E-state index >= 15 is 0 Å². The zero-order valence-electron chi connectivity index (χ0n) is 21.5. The minimum absolute atomic E-state index is 0.00987. The highest BCUT2D eigenvalue weighted by Crippen LogP contribution is 2.40. The number of hydrogen-bond acceptors (Lipinski definition) is 5. The average molecular weight is 523 g/mol. The fourth-order valence-electron chi connectivity index (χ4n) is 5.72. The summed E-state index contributed by atoms with van der Waals surface area (Å²) in [5.41, 5.74) is 2.52. The quantitative estimate of drug-likeness (QED) is 0.433. The third kappa shape index (κ3) is 5.41. The van der Waals surface area contributed by atoms with Crippen LogP contribution in [0.25, 0.3) is 21.3 Å². The first kappa shape index (κ1) is 25.8. The topological polar surface area (TPSA) is 74.3 Å².